The average Bonchev–Trinajstić information content (AvgIpc) is 2.43. The SMILES string of the molecule is C=CCOc1ccc(NCC(=O)NC(C)CC)cc1. The number of benzene rings is 1. The molecule has 1 atom stereocenters. The van der Waals surface area contributed by atoms with Crippen molar-refractivity contribution in [1.29, 1.82) is 0 Å². The first-order valence-corrected chi connectivity index (χ1v) is 6.52. The number of nitrogens with one attached hydrogen (secondary N) is 2. The Bertz CT molecular complexity index is 401. The molecule has 0 aliphatic rings. The molecule has 0 heterocycles. The smallest absolute Gasteiger partial charge is 0.239 e. The zero-order chi connectivity index (χ0) is 14.1. The number of hydrogen-bond donors (Lipinski definition) is 2. The van der Waals surface area contributed by atoms with Gasteiger partial charge in [-0.3, -0.25) is 4.79 Å². The number of hydrogen-bond acceptors (Lipinski definition) is 3. The molecule has 1 unspecified atom stereocenters. The number of amides is 1. The van der Waals surface area contributed by atoms with E-state index in [2.05, 4.69) is 17.2 Å². The van der Waals surface area contributed by atoms with Crippen LogP contribution in [0.3, 0.4) is 0 Å². The minimum Gasteiger partial charge on any atom is -0.490 e. The van der Waals surface area contributed by atoms with Crippen molar-refractivity contribution in [3.8, 4) is 5.75 Å². The van der Waals surface area contributed by atoms with Crippen LogP contribution in [0.1, 0.15) is 20.3 Å². The first-order valence-electron chi connectivity index (χ1n) is 6.52. The Hall–Kier alpha value is -1.97. The van der Waals surface area contributed by atoms with Gasteiger partial charge in [-0.2, -0.15) is 0 Å². The Morgan fingerprint density at radius 2 is 2.11 bits per heavy atom. The topological polar surface area (TPSA) is 50.4 Å². The molecule has 0 aliphatic carbocycles. The van der Waals surface area contributed by atoms with E-state index >= 15 is 0 Å². The van der Waals surface area contributed by atoms with E-state index < -0.39 is 0 Å². The molecule has 1 aromatic carbocycles. The van der Waals surface area contributed by atoms with E-state index in [1.165, 1.54) is 0 Å². The van der Waals surface area contributed by atoms with Gasteiger partial charge in [-0.1, -0.05) is 19.6 Å². The Kier molecular flexibility index (Phi) is 6.50. The Morgan fingerprint density at radius 3 is 2.68 bits per heavy atom. The molecule has 4 heteroatoms. The van der Waals surface area contributed by atoms with Gasteiger partial charge in [0.05, 0.1) is 6.54 Å². The second-order valence-electron chi connectivity index (χ2n) is 4.35. The number of ether oxygens (including phenoxy) is 1. The second-order valence-corrected chi connectivity index (χ2v) is 4.35. The normalized spacial score (nSPS) is 11.5. The summed E-state index contributed by atoms with van der Waals surface area (Å²) in [6.45, 7) is 8.39. The predicted octanol–water partition coefficient (Wildman–Crippen LogP) is 2.58. The summed E-state index contributed by atoms with van der Waals surface area (Å²) in [6.07, 6.45) is 2.63. The molecule has 0 radical (unpaired) electrons. The molecular weight excluding hydrogens is 240 g/mol. The lowest BCUT2D eigenvalue weighted by atomic mass is 10.2. The standard InChI is InChI=1S/C15H22N2O2/c1-4-10-19-14-8-6-13(7-9-14)16-11-15(18)17-12(3)5-2/h4,6-9,12,16H,1,5,10-11H2,2-3H3,(H,17,18). The highest BCUT2D eigenvalue weighted by atomic mass is 16.5. The molecule has 1 amide bonds. The third-order valence-corrected chi connectivity index (χ3v) is 2.69. The fraction of sp³-hybridized carbons (Fsp3) is 0.400. The van der Waals surface area contributed by atoms with Crippen LogP contribution in [-0.4, -0.2) is 25.1 Å². The van der Waals surface area contributed by atoms with Crippen LogP contribution >= 0.6 is 0 Å². The summed E-state index contributed by atoms with van der Waals surface area (Å²) in [5.74, 6) is 0.788. The van der Waals surface area contributed by atoms with Crippen molar-refractivity contribution in [1.82, 2.24) is 5.32 Å². The Balaban J connectivity index is 2.37. The van der Waals surface area contributed by atoms with Gasteiger partial charge in [0.2, 0.25) is 5.91 Å². The molecule has 0 fully saturated rings. The van der Waals surface area contributed by atoms with E-state index in [9.17, 15) is 4.79 Å². The molecule has 1 rings (SSSR count). The van der Waals surface area contributed by atoms with Crippen molar-refractivity contribution in [2.24, 2.45) is 0 Å². The van der Waals surface area contributed by atoms with Crippen LogP contribution in [0.25, 0.3) is 0 Å². The first-order chi connectivity index (χ1) is 9.15. The summed E-state index contributed by atoms with van der Waals surface area (Å²) in [7, 11) is 0. The highest BCUT2D eigenvalue weighted by Gasteiger charge is 2.04. The third kappa shape index (κ3) is 5.95. The van der Waals surface area contributed by atoms with Crippen LogP contribution in [0, 0.1) is 0 Å². The van der Waals surface area contributed by atoms with Crippen molar-refractivity contribution >= 4 is 11.6 Å². The van der Waals surface area contributed by atoms with Crippen LogP contribution in [0.2, 0.25) is 0 Å². The fourth-order valence-corrected chi connectivity index (χ4v) is 1.43. The van der Waals surface area contributed by atoms with Gasteiger partial charge in [-0.25, -0.2) is 0 Å². The van der Waals surface area contributed by atoms with Gasteiger partial charge in [-0.15, -0.1) is 0 Å². The van der Waals surface area contributed by atoms with Crippen molar-refractivity contribution in [3.05, 3.63) is 36.9 Å². The van der Waals surface area contributed by atoms with E-state index in [-0.39, 0.29) is 18.5 Å². The van der Waals surface area contributed by atoms with Crippen LogP contribution in [0.5, 0.6) is 5.75 Å². The number of carbonyl (C=O) groups is 1. The molecule has 104 valence electrons. The number of rotatable bonds is 8. The van der Waals surface area contributed by atoms with Crippen molar-refractivity contribution in [2.75, 3.05) is 18.5 Å². The number of anilines is 1. The van der Waals surface area contributed by atoms with E-state index in [0.717, 1.165) is 17.9 Å². The van der Waals surface area contributed by atoms with Crippen LogP contribution in [-0.2, 0) is 4.79 Å². The molecule has 0 saturated carbocycles. The highest BCUT2D eigenvalue weighted by molar-refractivity contribution is 5.80. The van der Waals surface area contributed by atoms with Gasteiger partial charge >= 0.3 is 0 Å². The zero-order valence-corrected chi connectivity index (χ0v) is 11.6. The van der Waals surface area contributed by atoms with Crippen molar-refractivity contribution in [2.45, 2.75) is 26.3 Å². The Morgan fingerprint density at radius 1 is 1.42 bits per heavy atom. The molecule has 0 aliphatic heterocycles. The molecule has 0 spiro atoms. The summed E-state index contributed by atoms with van der Waals surface area (Å²) < 4.78 is 5.38. The summed E-state index contributed by atoms with van der Waals surface area (Å²) in [6, 6.07) is 7.70. The molecule has 0 aromatic heterocycles. The van der Waals surface area contributed by atoms with Gasteiger partial charge in [0, 0.05) is 11.7 Å². The maximum atomic E-state index is 11.6. The minimum atomic E-state index is 0.00124. The first kappa shape index (κ1) is 15.1. The van der Waals surface area contributed by atoms with Gasteiger partial charge in [-0.05, 0) is 37.6 Å². The van der Waals surface area contributed by atoms with Crippen LogP contribution in [0.15, 0.2) is 36.9 Å². The molecule has 4 nitrogen and oxygen atoms in total. The third-order valence-electron chi connectivity index (χ3n) is 2.69. The maximum absolute atomic E-state index is 11.6. The lowest BCUT2D eigenvalue weighted by Gasteiger charge is -2.12. The molecule has 0 bridgehead atoms. The molecule has 1 aromatic rings. The van der Waals surface area contributed by atoms with Gasteiger partial charge in [0.25, 0.3) is 0 Å². The summed E-state index contributed by atoms with van der Waals surface area (Å²) in [4.78, 5) is 11.6. The molecule has 0 saturated heterocycles. The van der Waals surface area contributed by atoms with Crippen LogP contribution in [0.4, 0.5) is 5.69 Å². The minimum absolute atomic E-state index is 0.00124. The van der Waals surface area contributed by atoms with Gasteiger partial charge in [0.15, 0.2) is 0 Å². The number of carbonyl (C=O) groups excluding carboxylic acids is 1. The summed E-state index contributed by atoms with van der Waals surface area (Å²) in [5.41, 5.74) is 0.894. The largest absolute Gasteiger partial charge is 0.490 e. The van der Waals surface area contributed by atoms with E-state index in [0.29, 0.717) is 6.61 Å². The molecular formula is C15H22N2O2. The van der Waals surface area contributed by atoms with Crippen LogP contribution < -0.4 is 15.4 Å². The van der Waals surface area contributed by atoms with E-state index in [4.69, 9.17) is 4.74 Å². The average molecular weight is 262 g/mol. The van der Waals surface area contributed by atoms with Gasteiger partial charge in [0.1, 0.15) is 12.4 Å². The summed E-state index contributed by atoms with van der Waals surface area (Å²) in [5, 5.41) is 5.97. The quantitative estimate of drug-likeness (QED) is 0.708. The maximum Gasteiger partial charge on any atom is 0.239 e. The predicted molar refractivity (Wildman–Crippen MR) is 78.5 cm³/mol. The highest BCUT2D eigenvalue weighted by Crippen LogP contribution is 2.15. The lowest BCUT2D eigenvalue weighted by molar-refractivity contribution is -0.120. The van der Waals surface area contributed by atoms with E-state index in [1.807, 2.05) is 38.1 Å². The molecule has 2 N–H and O–H groups in total. The van der Waals surface area contributed by atoms with Gasteiger partial charge < -0.3 is 15.4 Å². The monoisotopic (exact) mass is 262 g/mol. The Labute approximate surface area is 114 Å². The zero-order valence-electron chi connectivity index (χ0n) is 11.6. The molecule has 19 heavy (non-hydrogen) atoms. The van der Waals surface area contributed by atoms with Crippen molar-refractivity contribution in [3.63, 3.8) is 0 Å². The fourth-order valence-electron chi connectivity index (χ4n) is 1.43. The van der Waals surface area contributed by atoms with E-state index in [1.54, 1.807) is 6.08 Å². The summed E-state index contributed by atoms with van der Waals surface area (Å²) >= 11 is 0. The second kappa shape index (κ2) is 8.19. The lowest BCUT2D eigenvalue weighted by Crippen LogP contribution is -2.36. The van der Waals surface area contributed by atoms with Crippen molar-refractivity contribution < 1.29 is 9.53 Å².